The molecule has 2 unspecified atom stereocenters. The Morgan fingerprint density at radius 1 is 1.12 bits per heavy atom. The highest BCUT2D eigenvalue weighted by Gasteiger charge is 2.54. The Hall–Kier alpha value is -1.95. The maximum atomic E-state index is 6.41. The summed E-state index contributed by atoms with van der Waals surface area (Å²) in [6.45, 7) is 6.35. The van der Waals surface area contributed by atoms with Gasteiger partial charge >= 0.3 is 0 Å². The number of anilines is 1. The summed E-state index contributed by atoms with van der Waals surface area (Å²) in [5, 5.41) is 0. The van der Waals surface area contributed by atoms with E-state index in [4.69, 9.17) is 10.5 Å². The maximum absolute atomic E-state index is 6.41. The molecule has 4 aliphatic heterocycles. The first kappa shape index (κ1) is 16.2. The Balaban J connectivity index is 1.44. The Kier molecular flexibility index (Phi) is 3.78. The summed E-state index contributed by atoms with van der Waals surface area (Å²) in [5.74, 6) is 1.52. The van der Waals surface area contributed by atoms with Crippen molar-refractivity contribution < 1.29 is 4.74 Å². The van der Waals surface area contributed by atoms with Gasteiger partial charge in [-0.05, 0) is 62.0 Å². The van der Waals surface area contributed by atoms with E-state index in [1.54, 1.807) is 0 Å². The van der Waals surface area contributed by atoms with Gasteiger partial charge in [-0.3, -0.25) is 5.73 Å². The maximum Gasteiger partial charge on any atom is 0.186 e. The molecule has 5 heteroatoms. The van der Waals surface area contributed by atoms with E-state index in [0.717, 1.165) is 18.9 Å². The second-order valence-electron chi connectivity index (χ2n) is 8.02. The Bertz CT molecular complexity index is 817. The van der Waals surface area contributed by atoms with Crippen LogP contribution in [0.3, 0.4) is 0 Å². The van der Waals surface area contributed by atoms with E-state index in [2.05, 4.69) is 58.1 Å². The molecule has 4 aliphatic rings. The lowest BCUT2D eigenvalue weighted by molar-refractivity contribution is -0.137. The van der Waals surface area contributed by atoms with Gasteiger partial charge in [-0.1, -0.05) is 29.8 Å². The van der Waals surface area contributed by atoms with Gasteiger partial charge in [0.25, 0.3) is 0 Å². The number of piperidine rings is 3. The first-order valence-electron chi connectivity index (χ1n) is 9.58. The van der Waals surface area contributed by atoms with Gasteiger partial charge in [0.2, 0.25) is 0 Å². The molecular formula is C21H26N4O. The third-order valence-corrected chi connectivity index (χ3v) is 6.31. The van der Waals surface area contributed by atoms with Crippen LogP contribution in [-0.4, -0.2) is 48.0 Å². The average Bonchev–Trinajstić information content (AvgIpc) is 2.98. The van der Waals surface area contributed by atoms with Gasteiger partial charge in [-0.25, -0.2) is 4.98 Å². The van der Waals surface area contributed by atoms with E-state index in [1.165, 1.54) is 42.6 Å². The van der Waals surface area contributed by atoms with Crippen molar-refractivity contribution in [3.8, 4) is 11.1 Å². The van der Waals surface area contributed by atoms with E-state index in [0.29, 0.717) is 5.92 Å². The van der Waals surface area contributed by atoms with Crippen LogP contribution >= 0.6 is 0 Å². The monoisotopic (exact) mass is 350 g/mol. The first-order valence-corrected chi connectivity index (χ1v) is 9.58. The molecule has 1 aromatic heterocycles. The van der Waals surface area contributed by atoms with Crippen LogP contribution in [0.2, 0.25) is 0 Å². The quantitative estimate of drug-likeness (QED) is 0.902. The summed E-state index contributed by atoms with van der Waals surface area (Å²) in [7, 11) is 0. The number of nitrogens with two attached hydrogens (primary N) is 1. The summed E-state index contributed by atoms with van der Waals surface area (Å²) in [4.78, 5) is 9.27. The second kappa shape index (κ2) is 6.05. The highest BCUT2D eigenvalue weighted by molar-refractivity contribution is 5.67. The van der Waals surface area contributed by atoms with Crippen LogP contribution in [0, 0.1) is 12.8 Å². The molecule has 4 saturated heterocycles. The van der Waals surface area contributed by atoms with Crippen molar-refractivity contribution >= 4 is 5.82 Å². The fourth-order valence-electron chi connectivity index (χ4n) is 4.95. The van der Waals surface area contributed by atoms with Crippen molar-refractivity contribution in [2.45, 2.75) is 31.7 Å². The molecule has 2 N–H and O–H groups in total. The van der Waals surface area contributed by atoms with E-state index in [9.17, 15) is 0 Å². The highest BCUT2D eigenvalue weighted by Crippen LogP contribution is 2.43. The molecule has 2 bridgehead atoms. The van der Waals surface area contributed by atoms with Crippen molar-refractivity contribution in [2.75, 3.05) is 31.1 Å². The molecule has 2 aromatic rings. The Morgan fingerprint density at radius 2 is 1.92 bits per heavy atom. The molecule has 2 atom stereocenters. The van der Waals surface area contributed by atoms with Crippen LogP contribution in [-0.2, 0) is 4.74 Å². The summed E-state index contributed by atoms with van der Waals surface area (Å²) < 4.78 is 6.38. The van der Waals surface area contributed by atoms with Crippen LogP contribution < -0.4 is 10.6 Å². The van der Waals surface area contributed by atoms with E-state index in [1.807, 2.05) is 6.20 Å². The molecule has 4 fully saturated rings. The number of fused-ring (bicyclic) bond motifs is 2. The number of aryl methyl sites for hydroxylation is 1. The number of hydrogen-bond donors (Lipinski definition) is 1. The zero-order chi connectivity index (χ0) is 17.7. The lowest BCUT2D eigenvalue weighted by Gasteiger charge is -2.50. The Labute approximate surface area is 154 Å². The molecule has 0 aliphatic carbocycles. The van der Waals surface area contributed by atoms with Crippen LogP contribution in [0.1, 0.15) is 18.4 Å². The molecule has 5 nitrogen and oxygen atoms in total. The smallest absolute Gasteiger partial charge is 0.186 e. The van der Waals surface area contributed by atoms with Crippen LogP contribution in [0.15, 0.2) is 42.6 Å². The number of rotatable bonds is 2. The predicted octanol–water partition coefficient (Wildman–Crippen LogP) is 2.60. The normalized spacial score (nSPS) is 33.2. The van der Waals surface area contributed by atoms with E-state index < -0.39 is 6.35 Å². The minimum Gasteiger partial charge on any atom is -0.335 e. The molecule has 26 heavy (non-hydrogen) atoms. The number of benzene rings is 1. The third kappa shape index (κ3) is 2.62. The van der Waals surface area contributed by atoms with E-state index >= 15 is 0 Å². The summed E-state index contributed by atoms with van der Waals surface area (Å²) in [6.07, 6.45) is 3.89. The standard InChI is InChI=1S/C21H26N4O/c1-15-3-2-4-16(11-15)17-5-8-23-19(12-17)25-14-21(26-20(25)22)13-24-9-6-18(21)7-10-24/h2-5,8,11-12,18,20H,6-7,9-10,13-14,22H2,1H3. The van der Waals surface area contributed by atoms with Gasteiger partial charge in [0, 0.05) is 12.7 Å². The zero-order valence-electron chi connectivity index (χ0n) is 15.3. The number of pyridine rings is 1. The number of hydrogen-bond acceptors (Lipinski definition) is 5. The van der Waals surface area contributed by atoms with Crippen molar-refractivity contribution in [2.24, 2.45) is 11.7 Å². The van der Waals surface area contributed by atoms with Crippen LogP contribution in [0.4, 0.5) is 5.82 Å². The number of nitrogens with zero attached hydrogens (tertiary/aromatic N) is 3. The molecule has 6 rings (SSSR count). The number of aromatic nitrogens is 1. The lowest BCUT2D eigenvalue weighted by atomic mass is 9.75. The minimum absolute atomic E-state index is 0.128. The summed E-state index contributed by atoms with van der Waals surface area (Å²) in [5.41, 5.74) is 9.91. The van der Waals surface area contributed by atoms with Crippen molar-refractivity contribution in [3.05, 3.63) is 48.2 Å². The van der Waals surface area contributed by atoms with Crippen molar-refractivity contribution in [3.63, 3.8) is 0 Å². The molecule has 0 saturated carbocycles. The molecule has 136 valence electrons. The van der Waals surface area contributed by atoms with E-state index in [-0.39, 0.29) is 5.60 Å². The van der Waals surface area contributed by atoms with Gasteiger partial charge in [0.1, 0.15) is 11.4 Å². The fourth-order valence-corrected chi connectivity index (χ4v) is 4.95. The molecule has 0 radical (unpaired) electrons. The van der Waals surface area contributed by atoms with Crippen molar-refractivity contribution in [1.29, 1.82) is 0 Å². The van der Waals surface area contributed by atoms with Gasteiger partial charge < -0.3 is 14.5 Å². The van der Waals surface area contributed by atoms with Crippen LogP contribution in [0.25, 0.3) is 11.1 Å². The van der Waals surface area contributed by atoms with Gasteiger partial charge in [-0.2, -0.15) is 0 Å². The molecule has 5 heterocycles. The molecule has 1 spiro atoms. The minimum atomic E-state index is -0.421. The molecular weight excluding hydrogens is 324 g/mol. The Morgan fingerprint density at radius 3 is 2.65 bits per heavy atom. The largest absolute Gasteiger partial charge is 0.335 e. The lowest BCUT2D eigenvalue weighted by Crippen LogP contribution is -2.61. The SMILES string of the molecule is Cc1cccc(-c2ccnc(N3CC4(CN5CCC4CC5)OC3N)c2)c1. The first-order chi connectivity index (χ1) is 12.6. The fraction of sp³-hybridized carbons (Fsp3) is 0.476. The average molecular weight is 350 g/mol. The van der Waals surface area contributed by atoms with Gasteiger partial charge in [-0.15, -0.1) is 0 Å². The predicted molar refractivity (Wildman–Crippen MR) is 103 cm³/mol. The molecule has 1 aromatic carbocycles. The van der Waals surface area contributed by atoms with Crippen LogP contribution in [0.5, 0.6) is 0 Å². The summed E-state index contributed by atoms with van der Waals surface area (Å²) in [6, 6.07) is 12.8. The third-order valence-electron chi connectivity index (χ3n) is 6.31. The zero-order valence-corrected chi connectivity index (χ0v) is 15.3. The second-order valence-corrected chi connectivity index (χ2v) is 8.02. The van der Waals surface area contributed by atoms with Crippen molar-refractivity contribution in [1.82, 2.24) is 9.88 Å². The van der Waals surface area contributed by atoms with Gasteiger partial charge in [0.15, 0.2) is 6.35 Å². The highest BCUT2D eigenvalue weighted by atomic mass is 16.6. The topological polar surface area (TPSA) is 54.6 Å². The summed E-state index contributed by atoms with van der Waals surface area (Å²) >= 11 is 0. The van der Waals surface area contributed by atoms with Gasteiger partial charge in [0.05, 0.1) is 6.54 Å². The molecule has 0 amide bonds. The number of ether oxygens (including phenoxy) is 1.